The third kappa shape index (κ3) is 4.74. The summed E-state index contributed by atoms with van der Waals surface area (Å²) in [4.78, 5) is 15.4. The summed E-state index contributed by atoms with van der Waals surface area (Å²) in [5.74, 6) is -0.714. The molecule has 1 saturated heterocycles. The number of thiophene rings is 1. The second-order valence-corrected chi connectivity index (χ2v) is 11.1. The van der Waals surface area contributed by atoms with E-state index >= 15 is 0 Å². The molecule has 10 heteroatoms. The topological polar surface area (TPSA) is 56.8 Å². The molecule has 0 saturated carbocycles. The Balaban J connectivity index is 1.28. The molecule has 0 unspecified atom stereocenters. The number of likely N-dealkylation sites (N-methyl/N-ethyl adjacent to an activating group) is 1. The Kier molecular flexibility index (Phi) is 6.53. The number of anilines is 4. The van der Waals surface area contributed by atoms with Crippen LogP contribution in [0.4, 0.5) is 31.1 Å². The van der Waals surface area contributed by atoms with Gasteiger partial charge in [0.25, 0.3) is 0 Å². The molecule has 6 rings (SSSR count). The van der Waals surface area contributed by atoms with Crippen molar-refractivity contribution in [1.29, 1.82) is 0 Å². The van der Waals surface area contributed by atoms with Gasteiger partial charge in [0.05, 0.1) is 23.4 Å². The molecule has 2 aromatic carbocycles. The van der Waals surface area contributed by atoms with E-state index in [-0.39, 0.29) is 23.4 Å². The van der Waals surface area contributed by atoms with Crippen LogP contribution >= 0.6 is 11.3 Å². The average molecular weight is 537 g/mol. The first kappa shape index (κ1) is 24.8. The van der Waals surface area contributed by atoms with Crippen LogP contribution in [-0.4, -0.2) is 67.3 Å². The Hall–Kier alpha value is -3.50. The first-order chi connectivity index (χ1) is 18.4. The number of fused-ring (bicyclic) bond motifs is 2. The quantitative estimate of drug-likeness (QED) is 0.349. The standard InChI is InChI=1S/C28H30F2N6OS/c1-17(2)36-10-11-37-27-21(29)13-19(14-23(27)36)26-22(30)16-31-28(33-26)32-20-4-5-24-18(12-20)15-25(38-24)35-8-6-34(3)7-9-35/h4-5,12-17H,6-11H2,1-3H3,(H,31,32,33). The number of hydrogen-bond donors (Lipinski definition) is 1. The number of halogens is 2. The van der Waals surface area contributed by atoms with Gasteiger partial charge in [0, 0.05) is 48.2 Å². The summed E-state index contributed by atoms with van der Waals surface area (Å²) >= 11 is 1.79. The van der Waals surface area contributed by atoms with Crippen molar-refractivity contribution in [3.05, 3.63) is 54.2 Å². The number of aromatic nitrogens is 2. The highest BCUT2D eigenvalue weighted by Crippen LogP contribution is 2.40. The maximum absolute atomic E-state index is 15.0. The number of rotatable bonds is 5. The molecule has 0 spiro atoms. The number of piperazine rings is 1. The monoisotopic (exact) mass is 536 g/mol. The van der Waals surface area contributed by atoms with E-state index < -0.39 is 11.6 Å². The summed E-state index contributed by atoms with van der Waals surface area (Å²) in [6.45, 7) is 9.26. The number of ether oxygens (including phenoxy) is 1. The molecule has 0 atom stereocenters. The molecule has 2 aliphatic rings. The Bertz CT molecular complexity index is 1480. The predicted molar refractivity (Wildman–Crippen MR) is 150 cm³/mol. The number of nitrogens with one attached hydrogen (secondary N) is 1. The molecule has 0 bridgehead atoms. The third-order valence-corrected chi connectivity index (χ3v) is 8.30. The Morgan fingerprint density at radius 2 is 1.82 bits per heavy atom. The SMILES string of the molecule is CC(C)N1CCOc2c(F)cc(-c3nc(Nc4ccc5sc(N6CCN(C)CC6)cc5c4)ncc3F)cc21. The molecule has 4 heterocycles. The van der Waals surface area contributed by atoms with Crippen molar-refractivity contribution in [3.63, 3.8) is 0 Å². The predicted octanol–water partition coefficient (Wildman–Crippen LogP) is 5.74. The summed E-state index contributed by atoms with van der Waals surface area (Å²) in [5.41, 5.74) is 1.78. The maximum atomic E-state index is 15.0. The van der Waals surface area contributed by atoms with Crippen LogP contribution in [0.5, 0.6) is 5.75 Å². The summed E-state index contributed by atoms with van der Waals surface area (Å²) in [6.07, 6.45) is 1.12. The van der Waals surface area contributed by atoms with E-state index in [9.17, 15) is 8.78 Å². The van der Waals surface area contributed by atoms with Crippen LogP contribution < -0.4 is 19.9 Å². The minimum atomic E-state index is -0.618. The highest BCUT2D eigenvalue weighted by atomic mass is 32.1. The van der Waals surface area contributed by atoms with Crippen molar-refractivity contribution in [1.82, 2.24) is 14.9 Å². The molecule has 1 N–H and O–H groups in total. The molecule has 7 nitrogen and oxygen atoms in total. The molecule has 2 aliphatic heterocycles. The van der Waals surface area contributed by atoms with Crippen LogP contribution in [0, 0.1) is 11.6 Å². The van der Waals surface area contributed by atoms with E-state index in [4.69, 9.17) is 4.74 Å². The highest BCUT2D eigenvalue weighted by Gasteiger charge is 2.26. The van der Waals surface area contributed by atoms with E-state index in [0.717, 1.165) is 43.4 Å². The van der Waals surface area contributed by atoms with Crippen LogP contribution in [0.1, 0.15) is 13.8 Å². The second-order valence-electron chi connectivity index (χ2n) is 10.1. The minimum Gasteiger partial charge on any atom is -0.486 e. The molecule has 38 heavy (non-hydrogen) atoms. The van der Waals surface area contributed by atoms with Crippen molar-refractivity contribution >= 4 is 43.7 Å². The lowest BCUT2D eigenvalue weighted by atomic mass is 10.1. The van der Waals surface area contributed by atoms with Crippen LogP contribution in [0.3, 0.4) is 0 Å². The van der Waals surface area contributed by atoms with Crippen molar-refractivity contribution in [2.24, 2.45) is 0 Å². The molecule has 0 aliphatic carbocycles. The van der Waals surface area contributed by atoms with Gasteiger partial charge in [-0.2, -0.15) is 0 Å². The first-order valence-electron chi connectivity index (χ1n) is 12.9. The third-order valence-electron chi connectivity index (χ3n) is 7.13. The number of hydrogen-bond acceptors (Lipinski definition) is 8. The fraction of sp³-hybridized carbons (Fsp3) is 0.357. The highest BCUT2D eigenvalue weighted by molar-refractivity contribution is 7.22. The minimum absolute atomic E-state index is 0.0347. The molecule has 2 aromatic heterocycles. The van der Waals surface area contributed by atoms with E-state index in [0.29, 0.717) is 24.4 Å². The van der Waals surface area contributed by atoms with Gasteiger partial charge in [-0.1, -0.05) is 0 Å². The zero-order valence-corrected chi connectivity index (χ0v) is 22.5. The number of nitrogens with zero attached hydrogens (tertiary/aromatic N) is 5. The molecule has 0 amide bonds. The molecule has 198 valence electrons. The normalized spacial score (nSPS) is 16.2. The average Bonchev–Trinajstić information content (AvgIpc) is 3.33. The van der Waals surface area contributed by atoms with Crippen molar-refractivity contribution in [2.45, 2.75) is 19.9 Å². The maximum Gasteiger partial charge on any atom is 0.227 e. The molecular weight excluding hydrogens is 506 g/mol. The zero-order chi connectivity index (χ0) is 26.4. The molecule has 0 radical (unpaired) electrons. The van der Waals surface area contributed by atoms with Crippen molar-refractivity contribution in [3.8, 4) is 17.0 Å². The van der Waals surface area contributed by atoms with Gasteiger partial charge in [-0.05, 0) is 62.7 Å². The van der Waals surface area contributed by atoms with Crippen LogP contribution in [0.2, 0.25) is 0 Å². The smallest absolute Gasteiger partial charge is 0.227 e. The molecule has 4 aromatic rings. The molecular formula is C28H30F2N6OS. The van der Waals surface area contributed by atoms with Gasteiger partial charge >= 0.3 is 0 Å². The Morgan fingerprint density at radius 3 is 2.61 bits per heavy atom. The lowest BCUT2D eigenvalue weighted by molar-refractivity contribution is 0.287. The Morgan fingerprint density at radius 1 is 1.00 bits per heavy atom. The van der Waals surface area contributed by atoms with Gasteiger partial charge in [0.15, 0.2) is 17.4 Å². The lowest BCUT2D eigenvalue weighted by Crippen LogP contribution is -2.44. The van der Waals surface area contributed by atoms with Gasteiger partial charge < -0.3 is 24.8 Å². The van der Waals surface area contributed by atoms with E-state index in [1.807, 2.05) is 26.0 Å². The van der Waals surface area contributed by atoms with Crippen molar-refractivity contribution in [2.75, 3.05) is 61.5 Å². The van der Waals surface area contributed by atoms with Gasteiger partial charge in [0.2, 0.25) is 5.95 Å². The van der Waals surface area contributed by atoms with E-state index in [1.54, 1.807) is 17.4 Å². The summed E-state index contributed by atoms with van der Waals surface area (Å²) < 4.78 is 36.7. The summed E-state index contributed by atoms with van der Waals surface area (Å²) in [7, 11) is 2.15. The largest absolute Gasteiger partial charge is 0.486 e. The first-order valence-corrected chi connectivity index (χ1v) is 13.7. The second kappa shape index (κ2) is 9.99. The van der Waals surface area contributed by atoms with Crippen LogP contribution in [0.15, 0.2) is 42.6 Å². The summed E-state index contributed by atoms with van der Waals surface area (Å²) in [6, 6.07) is 11.5. The fourth-order valence-electron chi connectivity index (χ4n) is 5.02. The van der Waals surface area contributed by atoms with Gasteiger partial charge in [-0.25, -0.2) is 18.7 Å². The number of benzene rings is 2. The van der Waals surface area contributed by atoms with Crippen LogP contribution in [-0.2, 0) is 0 Å². The van der Waals surface area contributed by atoms with Gasteiger partial charge in [-0.3, -0.25) is 0 Å². The van der Waals surface area contributed by atoms with Gasteiger partial charge in [0.1, 0.15) is 12.3 Å². The fourth-order valence-corrected chi connectivity index (χ4v) is 6.12. The van der Waals surface area contributed by atoms with Crippen LogP contribution in [0.25, 0.3) is 21.3 Å². The Labute approximate surface area is 224 Å². The van der Waals surface area contributed by atoms with Gasteiger partial charge in [-0.15, -0.1) is 11.3 Å². The lowest BCUT2D eigenvalue weighted by Gasteiger charge is -2.34. The van der Waals surface area contributed by atoms with E-state index in [2.05, 4.69) is 49.2 Å². The van der Waals surface area contributed by atoms with E-state index in [1.165, 1.54) is 15.8 Å². The summed E-state index contributed by atoms with van der Waals surface area (Å²) in [5, 5.41) is 5.59. The molecule has 1 fully saturated rings. The van der Waals surface area contributed by atoms with Crippen molar-refractivity contribution < 1.29 is 13.5 Å². The zero-order valence-electron chi connectivity index (χ0n) is 21.7.